The van der Waals surface area contributed by atoms with Crippen LogP contribution in [0.1, 0.15) is 36.5 Å². The van der Waals surface area contributed by atoms with Crippen molar-refractivity contribution < 1.29 is 14.3 Å². The molecule has 2 rings (SSSR count). The smallest absolute Gasteiger partial charge is 0.258 e. The van der Waals surface area contributed by atoms with Crippen LogP contribution in [0.25, 0.3) is 0 Å². The molecular formula is C20H20BrI2N3O3S. The molecule has 6 nitrogen and oxygen atoms in total. The van der Waals surface area contributed by atoms with Crippen molar-refractivity contribution in [2.45, 2.75) is 26.2 Å². The maximum absolute atomic E-state index is 12.6. The van der Waals surface area contributed by atoms with Crippen LogP contribution in [0, 0.1) is 7.14 Å². The largest absolute Gasteiger partial charge is 0.494 e. The molecule has 30 heavy (non-hydrogen) atoms. The summed E-state index contributed by atoms with van der Waals surface area (Å²) >= 11 is 13.1. The molecule has 0 aliphatic heterocycles. The van der Waals surface area contributed by atoms with E-state index in [1.54, 1.807) is 24.3 Å². The minimum Gasteiger partial charge on any atom is -0.494 e. The molecule has 0 aliphatic carbocycles. The Balaban J connectivity index is 2.06. The topological polar surface area (TPSA) is 79.5 Å². The molecule has 0 aromatic heterocycles. The van der Waals surface area contributed by atoms with Gasteiger partial charge in [-0.2, -0.15) is 0 Å². The van der Waals surface area contributed by atoms with Crippen LogP contribution in [0.4, 0.5) is 11.4 Å². The van der Waals surface area contributed by atoms with Crippen LogP contribution in [-0.4, -0.2) is 24.0 Å². The monoisotopic (exact) mass is 715 g/mol. The first-order valence-electron chi connectivity index (χ1n) is 9.00. The zero-order chi connectivity index (χ0) is 22.3. The SMILES string of the molecule is CCCCC(=O)Nc1ccc(NC(=S)NC(=O)c2cc(I)cc(I)c2Br)cc1OC. The van der Waals surface area contributed by atoms with Crippen molar-refractivity contribution in [3.8, 4) is 5.75 Å². The van der Waals surface area contributed by atoms with Crippen molar-refractivity contribution in [1.82, 2.24) is 5.32 Å². The Morgan fingerprint density at radius 3 is 2.57 bits per heavy atom. The number of hydrogen-bond donors (Lipinski definition) is 3. The van der Waals surface area contributed by atoms with Crippen molar-refractivity contribution in [1.29, 1.82) is 0 Å². The van der Waals surface area contributed by atoms with E-state index in [-0.39, 0.29) is 16.9 Å². The average Bonchev–Trinajstić information content (AvgIpc) is 2.69. The summed E-state index contributed by atoms with van der Waals surface area (Å²) in [6.07, 6.45) is 2.24. The lowest BCUT2D eigenvalue weighted by Crippen LogP contribution is -2.34. The Morgan fingerprint density at radius 2 is 1.90 bits per heavy atom. The number of ether oxygens (including phenoxy) is 1. The van der Waals surface area contributed by atoms with Gasteiger partial charge in [-0.3, -0.25) is 14.9 Å². The third kappa shape index (κ3) is 7.31. The quantitative estimate of drug-likeness (QED) is 0.189. The first-order chi connectivity index (χ1) is 14.2. The first-order valence-corrected chi connectivity index (χ1v) is 12.4. The highest BCUT2D eigenvalue weighted by Gasteiger charge is 2.15. The fraction of sp³-hybridized carbons (Fsp3) is 0.250. The van der Waals surface area contributed by atoms with Crippen molar-refractivity contribution in [3.63, 3.8) is 0 Å². The molecule has 0 fully saturated rings. The summed E-state index contributed by atoms with van der Waals surface area (Å²) in [6, 6.07) is 8.93. The summed E-state index contributed by atoms with van der Waals surface area (Å²) in [5.41, 5.74) is 1.70. The zero-order valence-corrected chi connectivity index (χ0v) is 23.0. The van der Waals surface area contributed by atoms with Gasteiger partial charge in [-0.05, 0) is 104 Å². The van der Waals surface area contributed by atoms with Crippen LogP contribution < -0.4 is 20.7 Å². The highest BCUT2D eigenvalue weighted by atomic mass is 127. The second-order valence-electron chi connectivity index (χ2n) is 6.22. The second-order valence-corrected chi connectivity index (χ2v) is 9.83. The summed E-state index contributed by atoms with van der Waals surface area (Å²) in [6.45, 7) is 2.04. The van der Waals surface area contributed by atoms with Crippen molar-refractivity contribution >= 4 is 102 Å². The Bertz CT molecular complexity index is 973. The molecule has 0 aliphatic rings. The van der Waals surface area contributed by atoms with Gasteiger partial charge < -0.3 is 15.4 Å². The van der Waals surface area contributed by atoms with E-state index in [0.29, 0.717) is 33.6 Å². The summed E-state index contributed by atoms with van der Waals surface area (Å²) in [4.78, 5) is 24.6. The van der Waals surface area contributed by atoms with E-state index in [9.17, 15) is 9.59 Å². The van der Waals surface area contributed by atoms with E-state index in [0.717, 1.165) is 20.0 Å². The van der Waals surface area contributed by atoms with Gasteiger partial charge in [0.25, 0.3) is 5.91 Å². The number of carbonyl (C=O) groups excluding carboxylic acids is 2. The van der Waals surface area contributed by atoms with Gasteiger partial charge in [-0.1, -0.05) is 13.3 Å². The highest BCUT2D eigenvalue weighted by molar-refractivity contribution is 14.1. The molecule has 0 radical (unpaired) electrons. The number of anilines is 2. The third-order valence-electron chi connectivity index (χ3n) is 3.96. The van der Waals surface area contributed by atoms with Gasteiger partial charge >= 0.3 is 0 Å². The second kappa shape index (κ2) is 12.2. The molecule has 0 bridgehead atoms. The molecule has 0 saturated carbocycles. The summed E-state index contributed by atoms with van der Waals surface area (Å²) in [5, 5.41) is 8.65. The van der Waals surface area contributed by atoms with Crippen molar-refractivity contribution in [2.75, 3.05) is 17.7 Å². The minimum absolute atomic E-state index is 0.0589. The van der Waals surface area contributed by atoms with Gasteiger partial charge in [0, 0.05) is 29.8 Å². The molecule has 0 spiro atoms. The molecule has 2 aromatic rings. The number of nitrogens with one attached hydrogen (secondary N) is 3. The number of unbranched alkanes of at least 4 members (excludes halogenated alkanes) is 1. The zero-order valence-electron chi connectivity index (χ0n) is 16.3. The van der Waals surface area contributed by atoms with Crippen molar-refractivity contribution in [2.24, 2.45) is 0 Å². The lowest BCUT2D eigenvalue weighted by Gasteiger charge is -2.14. The van der Waals surface area contributed by atoms with E-state index in [1.807, 2.05) is 13.0 Å². The molecule has 0 saturated heterocycles. The van der Waals surface area contributed by atoms with Crippen LogP contribution in [0.5, 0.6) is 5.75 Å². The van der Waals surface area contributed by atoms with Crippen LogP contribution in [0.15, 0.2) is 34.8 Å². The number of benzene rings is 2. The molecule has 10 heteroatoms. The first kappa shape index (κ1) is 25.3. The molecule has 0 atom stereocenters. The summed E-state index contributed by atoms with van der Waals surface area (Å²) < 4.78 is 7.97. The van der Waals surface area contributed by atoms with Crippen molar-refractivity contribution in [3.05, 3.63) is 47.5 Å². The Kier molecular flexibility index (Phi) is 10.2. The Morgan fingerprint density at radius 1 is 1.17 bits per heavy atom. The number of methoxy groups -OCH3 is 1. The number of halogens is 3. The van der Waals surface area contributed by atoms with Crippen LogP contribution in [0.2, 0.25) is 0 Å². The molecule has 2 amide bonds. The van der Waals surface area contributed by atoms with Gasteiger partial charge in [-0.15, -0.1) is 0 Å². The number of rotatable bonds is 7. The Hall–Kier alpha value is -0.990. The van der Waals surface area contributed by atoms with E-state index in [2.05, 4.69) is 77.1 Å². The number of hydrogen-bond acceptors (Lipinski definition) is 4. The summed E-state index contributed by atoms with van der Waals surface area (Å²) in [7, 11) is 1.52. The third-order valence-corrected chi connectivity index (χ3v) is 7.23. The fourth-order valence-corrected chi connectivity index (χ4v) is 4.94. The number of thiocarbonyl (C=S) groups is 1. The molecule has 3 N–H and O–H groups in total. The fourth-order valence-electron chi connectivity index (χ4n) is 2.48. The van der Waals surface area contributed by atoms with Crippen LogP contribution in [-0.2, 0) is 4.79 Å². The lowest BCUT2D eigenvalue weighted by molar-refractivity contribution is -0.116. The van der Waals surface area contributed by atoms with E-state index >= 15 is 0 Å². The lowest BCUT2D eigenvalue weighted by atomic mass is 10.2. The standard InChI is InChI=1S/C20H20BrI2N3O3S/c1-3-4-5-17(27)25-15-7-6-12(10-16(15)29-2)24-20(30)26-19(28)13-8-11(22)9-14(23)18(13)21/h6-10H,3-5H2,1-2H3,(H,25,27)(H2,24,26,28,30). The maximum Gasteiger partial charge on any atom is 0.258 e. The molecule has 160 valence electrons. The number of carbonyl (C=O) groups is 2. The van der Waals surface area contributed by atoms with Crippen LogP contribution in [0.3, 0.4) is 0 Å². The minimum atomic E-state index is -0.317. The predicted molar refractivity (Wildman–Crippen MR) is 144 cm³/mol. The van der Waals surface area contributed by atoms with E-state index in [4.69, 9.17) is 17.0 Å². The highest BCUT2D eigenvalue weighted by Crippen LogP contribution is 2.29. The predicted octanol–water partition coefficient (Wildman–Crippen LogP) is 5.92. The van der Waals surface area contributed by atoms with Crippen LogP contribution >= 0.6 is 73.3 Å². The number of amides is 2. The maximum atomic E-state index is 12.6. The van der Waals surface area contributed by atoms with Gasteiger partial charge in [0.2, 0.25) is 5.91 Å². The molecule has 2 aromatic carbocycles. The van der Waals surface area contributed by atoms with Gasteiger partial charge in [0.15, 0.2) is 5.11 Å². The molecule has 0 unspecified atom stereocenters. The summed E-state index contributed by atoms with van der Waals surface area (Å²) in [5.74, 6) is 0.118. The molecule has 0 heterocycles. The molecular weight excluding hydrogens is 696 g/mol. The normalized spacial score (nSPS) is 10.3. The van der Waals surface area contributed by atoms with Gasteiger partial charge in [-0.25, -0.2) is 0 Å². The van der Waals surface area contributed by atoms with E-state index < -0.39 is 0 Å². The van der Waals surface area contributed by atoms with Gasteiger partial charge in [0.05, 0.1) is 18.4 Å². The Labute approximate surface area is 216 Å². The van der Waals surface area contributed by atoms with E-state index in [1.165, 1.54) is 7.11 Å². The van der Waals surface area contributed by atoms with Gasteiger partial charge in [0.1, 0.15) is 5.75 Å². The average molecular weight is 716 g/mol.